The van der Waals surface area contributed by atoms with Crippen LogP contribution in [0.15, 0.2) is 82.8 Å². The van der Waals surface area contributed by atoms with Gasteiger partial charge in [-0.1, -0.05) is 55.0 Å². The van der Waals surface area contributed by atoms with Gasteiger partial charge in [0, 0.05) is 19.2 Å². The first kappa shape index (κ1) is 25.6. The number of hydrogen-bond acceptors (Lipinski definition) is 6. The largest absolute Gasteiger partial charge is 0.280 e. The van der Waals surface area contributed by atoms with Crippen LogP contribution in [0.2, 0.25) is 0 Å². The summed E-state index contributed by atoms with van der Waals surface area (Å²) in [5, 5.41) is 5.79. The zero-order valence-corrected chi connectivity index (χ0v) is 21.5. The van der Waals surface area contributed by atoms with Crippen molar-refractivity contribution >= 4 is 48.8 Å². The van der Waals surface area contributed by atoms with E-state index in [-0.39, 0.29) is 15.6 Å². The van der Waals surface area contributed by atoms with Gasteiger partial charge >= 0.3 is 0 Å². The van der Waals surface area contributed by atoms with Crippen LogP contribution in [-0.4, -0.2) is 43.4 Å². The van der Waals surface area contributed by atoms with Gasteiger partial charge in [-0.05, 0) is 54.4 Å². The van der Waals surface area contributed by atoms with Gasteiger partial charge < -0.3 is 0 Å². The van der Waals surface area contributed by atoms with E-state index in [0.717, 1.165) is 34.8 Å². The van der Waals surface area contributed by atoms with Crippen molar-refractivity contribution in [1.82, 2.24) is 9.29 Å². The molecule has 3 aromatic carbocycles. The fourth-order valence-electron chi connectivity index (χ4n) is 3.40. The van der Waals surface area contributed by atoms with E-state index in [1.165, 1.54) is 46.9 Å². The molecular weight excluding hydrogens is 499 g/mol. The Kier molecular flexibility index (Phi) is 7.88. The van der Waals surface area contributed by atoms with Gasteiger partial charge in [0.15, 0.2) is 0 Å². The van der Waals surface area contributed by atoms with E-state index < -0.39 is 21.7 Å². The number of aromatic nitrogens is 1. The molecule has 36 heavy (non-hydrogen) atoms. The minimum Gasteiger partial charge on any atom is -0.267 e. The predicted molar refractivity (Wildman–Crippen MR) is 142 cm³/mol. The van der Waals surface area contributed by atoms with Crippen LogP contribution >= 0.6 is 11.3 Å². The number of thiazole rings is 1. The molecule has 0 unspecified atom stereocenters. The first-order chi connectivity index (χ1) is 17.3. The molecule has 1 amide bonds. The maximum absolute atomic E-state index is 13.7. The molecule has 4 rings (SSSR count). The van der Waals surface area contributed by atoms with Crippen molar-refractivity contribution in [1.29, 1.82) is 0 Å². The lowest BCUT2D eigenvalue weighted by atomic mass is 10.2. The van der Waals surface area contributed by atoms with Gasteiger partial charge in [0.05, 0.1) is 21.3 Å². The van der Waals surface area contributed by atoms with E-state index in [1.54, 1.807) is 13.1 Å². The number of unbranched alkanes of at least 4 members (excludes halogenated alkanes) is 1. The Balaban J connectivity index is 1.67. The number of benzene rings is 3. The van der Waals surface area contributed by atoms with Crippen molar-refractivity contribution in [3.63, 3.8) is 0 Å². The van der Waals surface area contributed by atoms with E-state index in [1.807, 2.05) is 37.3 Å². The van der Waals surface area contributed by atoms with Crippen LogP contribution in [0.25, 0.3) is 10.2 Å². The molecule has 0 bridgehead atoms. The Morgan fingerprint density at radius 1 is 1.08 bits per heavy atom. The average Bonchev–Trinajstić information content (AvgIpc) is 3.30. The minimum absolute atomic E-state index is 0.104. The Labute approximate surface area is 213 Å². The zero-order chi connectivity index (χ0) is 25.7. The summed E-state index contributed by atoms with van der Waals surface area (Å²) in [5.74, 6) is -0.894. The smallest absolute Gasteiger partial charge is 0.267 e. The third kappa shape index (κ3) is 5.67. The number of rotatable bonds is 9. The molecule has 10 heteroatoms. The third-order valence-corrected chi connectivity index (χ3v) is 8.34. The van der Waals surface area contributed by atoms with E-state index in [2.05, 4.69) is 10.1 Å². The van der Waals surface area contributed by atoms with Gasteiger partial charge in [0.1, 0.15) is 5.82 Å². The van der Waals surface area contributed by atoms with Gasteiger partial charge in [-0.25, -0.2) is 22.1 Å². The molecule has 0 N–H and O–H groups in total. The Bertz CT molecular complexity index is 1490. The van der Waals surface area contributed by atoms with Crippen molar-refractivity contribution in [2.24, 2.45) is 5.10 Å². The van der Waals surface area contributed by atoms with Crippen molar-refractivity contribution in [2.45, 2.75) is 24.7 Å². The van der Waals surface area contributed by atoms with Crippen molar-refractivity contribution < 1.29 is 17.6 Å². The van der Waals surface area contributed by atoms with Gasteiger partial charge in [-0.15, -0.1) is 0 Å². The molecule has 4 aromatic rings. The molecule has 0 fully saturated rings. The lowest BCUT2D eigenvalue weighted by Gasteiger charge is -2.17. The number of amides is 1. The van der Waals surface area contributed by atoms with E-state index in [9.17, 15) is 17.6 Å². The van der Waals surface area contributed by atoms with Crippen LogP contribution < -0.4 is 5.01 Å². The molecule has 0 saturated heterocycles. The highest BCUT2D eigenvalue weighted by molar-refractivity contribution is 7.89. The number of anilines is 1. The third-order valence-electron chi connectivity index (χ3n) is 5.47. The number of nitrogens with zero attached hydrogens (tertiary/aromatic N) is 4. The summed E-state index contributed by atoms with van der Waals surface area (Å²) in [6.07, 6.45) is 3.17. The molecule has 0 spiro atoms. The highest BCUT2D eigenvalue weighted by atomic mass is 32.2. The molecule has 0 saturated carbocycles. The second-order valence-electron chi connectivity index (χ2n) is 8.09. The molecule has 0 aliphatic carbocycles. The number of sulfonamides is 1. The van der Waals surface area contributed by atoms with Crippen molar-refractivity contribution in [3.05, 3.63) is 89.7 Å². The first-order valence-corrected chi connectivity index (χ1v) is 13.6. The fraction of sp³-hybridized carbons (Fsp3) is 0.192. The predicted octanol–water partition coefficient (Wildman–Crippen LogP) is 5.54. The summed E-state index contributed by atoms with van der Waals surface area (Å²) >= 11 is 1.13. The average molecular weight is 525 g/mol. The van der Waals surface area contributed by atoms with Crippen LogP contribution in [0.1, 0.15) is 35.7 Å². The van der Waals surface area contributed by atoms with Crippen LogP contribution in [0.4, 0.5) is 9.52 Å². The molecule has 1 heterocycles. The molecule has 1 aromatic heterocycles. The summed E-state index contributed by atoms with van der Waals surface area (Å²) < 4.78 is 41.3. The number of hydrazone groups is 1. The molecule has 186 valence electrons. The van der Waals surface area contributed by atoms with Gasteiger partial charge in [0.2, 0.25) is 15.2 Å². The van der Waals surface area contributed by atoms with Gasteiger partial charge in [0.25, 0.3) is 5.91 Å². The maximum atomic E-state index is 13.7. The van der Waals surface area contributed by atoms with Gasteiger partial charge in [-0.2, -0.15) is 10.1 Å². The van der Waals surface area contributed by atoms with E-state index >= 15 is 0 Å². The monoisotopic (exact) mass is 524 g/mol. The normalized spacial score (nSPS) is 12.0. The van der Waals surface area contributed by atoms with Crippen LogP contribution in [-0.2, 0) is 10.0 Å². The number of carbonyl (C=O) groups is 1. The Morgan fingerprint density at radius 3 is 2.50 bits per heavy atom. The molecular formula is C26H25FN4O3S2. The Morgan fingerprint density at radius 2 is 1.81 bits per heavy atom. The van der Waals surface area contributed by atoms with Crippen molar-refractivity contribution in [2.75, 3.05) is 18.6 Å². The van der Waals surface area contributed by atoms with Crippen molar-refractivity contribution in [3.8, 4) is 0 Å². The lowest BCUT2D eigenvalue weighted by molar-refractivity contribution is 0.0987. The zero-order valence-electron chi connectivity index (χ0n) is 19.8. The number of fused-ring (bicyclic) bond motifs is 1. The lowest BCUT2D eigenvalue weighted by Crippen LogP contribution is -2.28. The minimum atomic E-state index is -3.66. The summed E-state index contributed by atoms with van der Waals surface area (Å²) in [5.41, 5.74) is 1.56. The second kappa shape index (κ2) is 11.1. The molecule has 0 aliphatic rings. The van der Waals surface area contributed by atoms with Crippen LogP contribution in [0.3, 0.4) is 0 Å². The fourth-order valence-corrected chi connectivity index (χ4v) is 5.56. The Hall–Kier alpha value is -3.47. The summed E-state index contributed by atoms with van der Waals surface area (Å²) in [7, 11) is -2.12. The molecule has 0 radical (unpaired) electrons. The summed E-state index contributed by atoms with van der Waals surface area (Å²) in [6, 6.07) is 19.2. The molecule has 0 atom stereocenters. The summed E-state index contributed by atoms with van der Waals surface area (Å²) in [6.45, 7) is 2.41. The maximum Gasteiger partial charge on any atom is 0.280 e. The molecule has 0 aliphatic heterocycles. The van der Waals surface area contributed by atoms with E-state index in [4.69, 9.17) is 0 Å². The number of hydrogen-bond donors (Lipinski definition) is 0. The first-order valence-electron chi connectivity index (χ1n) is 11.4. The van der Waals surface area contributed by atoms with E-state index in [0.29, 0.717) is 16.8 Å². The second-order valence-corrected chi connectivity index (χ2v) is 11.1. The van der Waals surface area contributed by atoms with Crippen LogP contribution in [0, 0.1) is 5.82 Å². The SMILES string of the molecule is CCCCN(C)S(=O)(=O)c1ccc(C(=O)N(/N=C/c2ccccc2)c2nc3ccc(F)cc3s2)cc1. The topological polar surface area (TPSA) is 82.9 Å². The highest BCUT2D eigenvalue weighted by Crippen LogP contribution is 2.31. The number of halogens is 1. The van der Waals surface area contributed by atoms with Crippen LogP contribution in [0.5, 0.6) is 0 Å². The summed E-state index contributed by atoms with van der Waals surface area (Å²) in [4.78, 5) is 18.1. The van der Waals surface area contributed by atoms with Gasteiger partial charge in [-0.3, -0.25) is 4.79 Å². The standard InChI is InChI=1S/C26H25FN4O3S2/c1-3-4-16-30(2)36(33,34)22-13-10-20(11-14-22)25(32)31(28-18-19-8-6-5-7-9-19)26-29-23-15-12-21(27)17-24(23)35-26/h5-15,17-18H,3-4,16H2,1-2H3/b28-18+. The number of carbonyl (C=O) groups excluding carboxylic acids is 1. The molecule has 7 nitrogen and oxygen atoms in total. The highest BCUT2D eigenvalue weighted by Gasteiger charge is 2.24. The quantitative estimate of drug-likeness (QED) is 0.213.